The van der Waals surface area contributed by atoms with Crippen molar-refractivity contribution < 1.29 is 0 Å². The van der Waals surface area contributed by atoms with Crippen LogP contribution in [0.25, 0.3) is 0 Å². The molecule has 7 heteroatoms. The summed E-state index contributed by atoms with van der Waals surface area (Å²) in [5.41, 5.74) is 4.61. The van der Waals surface area contributed by atoms with Gasteiger partial charge in [0.05, 0.1) is 6.07 Å². The van der Waals surface area contributed by atoms with E-state index in [2.05, 4.69) is 5.32 Å². The molecule has 3 N–H and O–H groups in total. The van der Waals surface area contributed by atoms with Crippen LogP contribution in [0.1, 0.15) is 0 Å². The molecule has 1 rings (SSSR count). The van der Waals surface area contributed by atoms with Crippen LogP contribution in [0.5, 0.6) is 0 Å². The Morgan fingerprint density at radius 2 is 2.00 bits per heavy atom. The van der Waals surface area contributed by atoms with Crippen molar-refractivity contribution in [3.8, 4) is 6.07 Å². The van der Waals surface area contributed by atoms with Gasteiger partial charge in [0.15, 0.2) is 0 Å². The van der Waals surface area contributed by atoms with Gasteiger partial charge in [0.2, 0.25) is 0 Å². The van der Waals surface area contributed by atoms with Crippen molar-refractivity contribution in [2.24, 2.45) is 14.1 Å². The van der Waals surface area contributed by atoms with Crippen LogP contribution >= 0.6 is 0 Å². The predicted molar refractivity (Wildman–Crippen MR) is 55.4 cm³/mol. The molecule has 0 radical (unpaired) electrons. The first kappa shape index (κ1) is 10.8. The zero-order valence-electron chi connectivity index (χ0n) is 8.44. The Bertz CT molecular complexity index is 534. The number of nitrogen functional groups attached to an aromatic ring is 1. The molecule has 80 valence electrons. The molecule has 1 aromatic rings. The lowest BCUT2D eigenvalue weighted by molar-refractivity contribution is 0.696. The molecule has 0 bridgehead atoms. The van der Waals surface area contributed by atoms with Crippen LogP contribution in [0.4, 0.5) is 11.5 Å². The lowest BCUT2D eigenvalue weighted by Crippen LogP contribution is -2.39. The van der Waals surface area contributed by atoms with Gasteiger partial charge in [0.1, 0.15) is 18.1 Å². The Balaban J connectivity index is 3.48. The number of nitriles is 1. The van der Waals surface area contributed by atoms with E-state index in [-0.39, 0.29) is 18.1 Å². The minimum atomic E-state index is -0.536. The quantitative estimate of drug-likeness (QED) is 0.583. The molecule has 0 saturated carbocycles. The molecular formula is C8H11N5O2. The van der Waals surface area contributed by atoms with Gasteiger partial charge in [0.25, 0.3) is 5.56 Å². The number of hydrogen-bond acceptors (Lipinski definition) is 5. The topological polar surface area (TPSA) is 106 Å². The molecule has 0 atom stereocenters. The van der Waals surface area contributed by atoms with E-state index in [0.29, 0.717) is 0 Å². The molecule has 15 heavy (non-hydrogen) atoms. The van der Waals surface area contributed by atoms with Gasteiger partial charge >= 0.3 is 5.69 Å². The summed E-state index contributed by atoms with van der Waals surface area (Å²) in [5, 5.41) is 10.9. The van der Waals surface area contributed by atoms with Crippen LogP contribution in [-0.4, -0.2) is 15.7 Å². The number of nitrogens with zero attached hydrogens (tertiary/aromatic N) is 3. The van der Waals surface area contributed by atoms with Gasteiger partial charge in [0, 0.05) is 14.1 Å². The van der Waals surface area contributed by atoms with Gasteiger partial charge in [-0.1, -0.05) is 0 Å². The summed E-state index contributed by atoms with van der Waals surface area (Å²) >= 11 is 0. The summed E-state index contributed by atoms with van der Waals surface area (Å²) in [4.78, 5) is 23.0. The second kappa shape index (κ2) is 3.88. The van der Waals surface area contributed by atoms with Crippen LogP contribution in [0.2, 0.25) is 0 Å². The van der Waals surface area contributed by atoms with E-state index in [1.54, 1.807) is 0 Å². The first-order valence-corrected chi connectivity index (χ1v) is 4.17. The molecule has 0 aliphatic rings. The molecule has 0 aliphatic carbocycles. The summed E-state index contributed by atoms with van der Waals surface area (Å²) in [6.07, 6.45) is 0. The summed E-state index contributed by atoms with van der Waals surface area (Å²) in [7, 11) is 2.80. The highest BCUT2D eigenvalue weighted by molar-refractivity contribution is 5.60. The monoisotopic (exact) mass is 209 g/mol. The van der Waals surface area contributed by atoms with E-state index in [1.165, 1.54) is 14.1 Å². The molecule has 1 aromatic heterocycles. The average Bonchev–Trinajstić information content (AvgIpc) is 2.24. The van der Waals surface area contributed by atoms with E-state index < -0.39 is 11.2 Å². The minimum Gasteiger partial charge on any atom is -0.383 e. The largest absolute Gasteiger partial charge is 0.383 e. The highest BCUT2D eigenvalue weighted by atomic mass is 16.2. The van der Waals surface area contributed by atoms with Crippen LogP contribution in [0.15, 0.2) is 9.59 Å². The number of anilines is 2. The number of aromatic nitrogens is 2. The Morgan fingerprint density at radius 3 is 2.53 bits per heavy atom. The van der Waals surface area contributed by atoms with Crippen molar-refractivity contribution in [2.75, 3.05) is 17.6 Å². The summed E-state index contributed by atoms with van der Waals surface area (Å²) in [5.74, 6) is 0.0263. The molecule has 7 nitrogen and oxygen atoms in total. The van der Waals surface area contributed by atoms with Crippen LogP contribution in [-0.2, 0) is 14.1 Å². The number of rotatable bonds is 2. The number of nitrogens with two attached hydrogens (primary N) is 1. The number of nitrogens with one attached hydrogen (secondary N) is 1. The third kappa shape index (κ3) is 1.69. The second-order valence-corrected chi connectivity index (χ2v) is 2.98. The van der Waals surface area contributed by atoms with E-state index in [1.807, 2.05) is 6.07 Å². The second-order valence-electron chi connectivity index (χ2n) is 2.98. The van der Waals surface area contributed by atoms with Crippen molar-refractivity contribution in [1.29, 1.82) is 5.26 Å². The normalized spacial score (nSPS) is 9.67. The van der Waals surface area contributed by atoms with Crippen molar-refractivity contribution >= 4 is 11.5 Å². The van der Waals surface area contributed by atoms with Gasteiger partial charge in [-0.3, -0.25) is 13.9 Å². The zero-order chi connectivity index (χ0) is 11.6. The fourth-order valence-electron chi connectivity index (χ4n) is 1.15. The average molecular weight is 209 g/mol. The van der Waals surface area contributed by atoms with Crippen molar-refractivity contribution in [3.05, 3.63) is 20.8 Å². The number of hydrogen-bond donors (Lipinski definition) is 2. The Kier molecular flexibility index (Phi) is 2.80. The van der Waals surface area contributed by atoms with E-state index in [9.17, 15) is 9.59 Å². The molecule has 0 saturated heterocycles. The highest BCUT2D eigenvalue weighted by Gasteiger charge is 2.11. The van der Waals surface area contributed by atoms with Gasteiger partial charge in [-0.2, -0.15) is 5.26 Å². The standard InChI is InChI=1S/C8H11N5O2/c1-12-6(10)5(11-4-3-9)7(14)13(2)8(12)15/h11H,4,10H2,1-2H3. The predicted octanol–water partition coefficient (Wildman–Crippen LogP) is -1.40. The zero-order valence-corrected chi connectivity index (χ0v) is 8.44. The van der Waals surface area contributed by atoms with Crippen LogP contribution < -0.4 is 22.3 Å². The maximum Gasteiger partial charge on any atom is 0.332 e. The van der Waals surface area contributed by atoms with Gasteiger partial charge < -0.3 is 11.1 Å². The maximum atomic E-state index is 11.6. The highest BCUT2D eigenvalue weighted by Crippen LogP contribution is 2.07. The van der Waals surface area contributed by atoms with Crippen LogP contribution in [0, 0.1) is 11.3 Å². The third-order valence-corrected chi connectivity index (χ3v) is 2.05. The van der Waals surface area contributed by atoms with Crippen LogP contribution in [0.3, 0.4) is 0 Å². The molecule has 0 amide bonds. The fourth-order valence-corrected chi connectivity index (χ4v) is 1.15. The Hall–Kier alpha value is -2.23. The smallest absolute Gasteiger partial charge is 0.332 e. The first-order valence-electron chi connectivity index (χ1n) is 4.17. The molecule has 0 aromatic carbocycles. The van der Waals surface area contributed by atoms with E-state index >= 15 is 0 Å². The van der Waals surface area contributed by atoms with Crippen molar-refractivity contribution in [2.45, 2.75) is 0 Å². The summed E-state index contributed by atoms with van der Waals surface area (Å²) in [6, 6.07) is 1.82. The Morgan fingerprint density at radius 1 is 1.40 bits per heavy atom. The van der Waals surface area contributed by atoms with Crippen molar-refractivity contribution in [3.63, 3.8) is 0 Å². The summed E-state index contributed by atoms with van der Waals surface area (Å²) in [6.45, 7) is -0.0440. The molecule has 0 unspecified atom stereocenters. The third-order valence-electron chi connectivity index (χ3n) is 2.05. The van der Waals surface area contributed by atoms with Gasteiger partial charge in [-0.25, -0.2) is 4.79 Å². The van der Waals surface area contributed by atoms with Gasteiger partial charge in [-0.05, 0) is 0 Å². The fraction of sp³-hybridized carbons (Fsp3) is 0.375. The summed E-state index contributed by atoms with van der Waals surface area (Å²) < 4.78 is 2.07. The van der Waals surface area contributed by atoms with E-state index in [4.69, 9.17) is 11.0 Å². The molecule has 0 aliphatic heterocycles. The van der Waals surface area contributed by atoms with Crippen molar-refractivity contribution in [1.82, 2.24) is 9.13 Å². The molecule has 1 heterocycles. The molecule has 0 spiro atoms. The maximum absolute atomic E-state index is 11.6. The first-order chi connectivity index (χ1) is 7.00. The molecule has 0 fully saturated rings. The molecular weight excluding hydrogens is 198 g/mol. The van der Waals surface area contributed by atoms with E-state index in [0.717, 1.165) is 9.13 Å². The minimum absolute atomic E-state index is 0.0263. The Labute approximate surface area is 85.4 Å². The lowest BCUT2D eigenvalue weighted by Gasteiger charge is -2.11. The SMILES string of the molecule is Cn1c(N)c(NCC#N)c(=O)n(C)c1=O. The lowest BCUT2D eigenvalue weighted by atomic mass is 10.4. The van der Waals surface area contributed by atoms with Gasteiger partial charge in [-0.15, -0.1) is 0 Å².